The van der Waals surface area contributed by atoms with Crippen LogP contribution in [-0.2, 0) is 0 Å². The standard InChI is InChI=1S/C18H22N4O4/c1-24-14-10-13(11-15(12-14)25-2)18(23)22-8-6-21(7-9-22)16-4-5-17(26-3)20-19-16/h4-5,10-12H,6-9H2,1-3H3. The molecule has 1 amide bonds. The van der Waals surface area contributed by atoms with Crippen LogP contribution >= 0.6 is 0 Å². The van der Waals surface area contributed by atoms with Gasteiger partial charge in [0.25, 0.3) is 5.91 Å². The van der Waals surface area contributed by atoms with Crippen molar-refractivity contribution < 1.29 is 19.0 Å². The van der Waals surface area contributed by atoms with Gasteiger partial charge in [0, 0.05) is 43.9 Å². The van der Waals surface area contributed by atoms with Crippen molar-refractivity contribution in [3.8, 4) is 17.4 Å². The quantitative estimate of drug-likeness (QED) is 0.801. The molecule has 0 unspecified atom stereocenters. The third kappa shape index (κ3) is 3.79. The molecule has 0 bridgehead atoms. The first-order valence-electron chi connectivity index (χ1n) is 8.29. The minimum absolute atomic E-state index is 0.0392. The van der Waals surface area contributed by atoms with E-state index in [4.69, 9.17) is 14.2 Å². The lowest BCUT2D eigenvalue weighted by Crippen LogP contribution is -2.49. The molecule has 0 saturated carbocycles. The summed E-state index contributed by atoms with van der Waals surface area (Å²) >= 11 is 0. The third-order valence-corrected chi connectivity index (χ3v) is 4.32. The van der Waals surface area contributed by atoms with E-state index in [0.717, 1.165) is 5.82 Å². The monoisotopic (exact) mass is 358 g/mol. The van der Waals surface area contributed by atoms with E-state index in [1.165, 1.54) is 0 Å². The molecule has 2 aromatic rings. The summed E-state index contributed by atoms with van der Waals surface area (Å²) in [6.45, 7) is 2.58. The number of amides is 1. The normalized spacial score (nSPS) is 14.1. The second kappa shape index (κ2) is 7.90. The summed E-state index contributed by atoms with van der Waals surface area (Å²) < 4.78 is 15.5. The molecule has 3 rings (SSSR count). The molecule has 0 spiro atoms. The van der Waals surface area contributed by atoms with Crippen LogP contribution in [-0.4, -0.2) is 68.5 Å². The van der Waals surface area contributed by atoms with Crippen LogP contribution in [0.3, 0.4) is 0 Å². The molecule has 0 aliphatic carbocycles. The first-order chi connectivity index (χ1) is 12.6. The number of methoxy groups -OCH3 is 3. The molecule has 0 radical (unpaired) electrons. The Bertz CT molecular complexity index is 736. The Hall–Kier alpha value is -3.03. The van der Waals surface area contributed by atoms with Crippen LogP contribution in [0.15, 0.2) is 30.3 Å². The molecule has 1 aliphatic heterocycles. The number of hydrogen-bond acceptors (Lipinski definition) is 7. The number of nitrogens with zero attached hydrogens (tertiary/aromatic N) is 4. The van der Waals surface area contributed by atoms with Crippen molar-refractivity contribution in [3.05, 3.63) is 35.9 Å². The zero-order valence-corrected chi connectivity index (χ0v) is 15.1. The number of piperazine rings is 1. The summed E-state index contributed by atoms with van der Waals surface area (Å²) in [5.74, 6) is 2.41. The van der Waals surface area contributed by atoms with Crippen molar-refractivity contribution >= 4 is 11.7 Å². The van der Waals surface area contributed by atoms with Crippen LogP contribution in [0.4, 0.5) is 5.82 Å². The van der Waals surface area contributed by atoms with E-state index in [2.05, 4.69) is 15.1 Å². The number of hydrogen-bond donors (Lipinski definition) is 0. The van der Waals surface area contributed by atoms with E-state index in [9.17, 15) is 4.79 Å². The van der Waals surface area contributed by atoms with E-state index < -0.39 is 0 Å². The molecule has 1 fully saturated rings. The molecule has 1 saturated heterocycles. The molecule has 1 aliphatic rings. The number of carbonyl (C=O) groups is 1. The summed E-state index contributed by atoms with van der Waals surface area (Å²) in [7, 11) is 4.69. The number of ether oxygens (including phenoxy) is 3. The average molecular weight is 358 g/mol. The van der Waals surface area contributed by atoms with Crippen molar-refractivity contribution in [1.29, 1.82) is 0 Å². The van der Waals surface area contributed by atoms with E-state index in [-0.39, 0.29) is 5.91 Å². The van der Waals surface area contributed by atoms with E-state index in [0.29, 0.717) is 49.1 Å². The number of carbonyl (C=O) groups excluding carboxylic acids is 1. The fourth-order valence-corrected chi connectivity index (χ4v) is 2.84. The van der Waals surface area contributed by atoms with Crippen LogP contribution in [0.2, 0.25) is 0 Å². The highest BCUT2D eigenvalue weighted by atomic mass is 16.5. The predicted octanol–water partition coefficient (Wildman–Crippen LogP) is 1.46. The maximum atomic E-state index is 12.8. The maximum absolute atomic E-state index is 12.8. The third-order valence-electron chi connectivity index (χ3n) is 4.32. The minimum Gasteiger partial charge on any atom is -0.497 e. The Morgan fingerprint density at radius 3 is 2.04 bits per heavy atom. The van der Waals surface area contributed by atoms with Crippen LogP contribution < -0.4 is 19.1 Å². The van der Waals surface area contributed by atoms with Gasteiger partial charge in [-0.2, -0.15) is 0 Å². The van der Waals surface area contributed by atoms with Gasteiger partial charge in [-0.15, -0.1) is 10.2 Å². The van der Waals surface area contributed by atoms with Crippen LogP contribution in [0, 0.1) is 0 Å². The molecule has 1 aromatic carbocycles. The van der Waals surface area contributed by atoms with Gasteiger partial charge in [0.15, 0.2) is 5.82 Å². The topological polar surface area (TPSA) is 77.0 Å². The summed E-state index contributed by atoms with van der Waals surface area (Å²) in [6, 6.07) is 8.86. The zero-order chi connectivity index (χ0) is 18.5. The predicted molar refractivity (Wildman–Crippen MR) is 96.2 cm³/mol. The second-order valence-corrected chi connectivity index (χ2v) is 5.81. The Morgan fingerprint density at radius 1 is 0.885 bits per heavy atom. The Morgan fingerprint density at radius 2 is 1.54 bits per heavy atom. The molecule has 8 nitrogen and oxygen atoms in total. The van der Waals surface area contributed by atoms with Gasteiger partial charge in [0.2, 0.25) is 5.88 Å². The lowest BCUT2D eigenvalue weighted by Gasteiger charge is -2.35. The fraction of sp³-hybridized carbons (Fsp3) is 0.389. The molecule has 2 heterocycles. The number of benzene rings is 1. The van der Waals surface area contributed by atoms with Crippen molar-refractivity contribution in [2.45, 2.75) is 0 Å². The van der Waals surface area contributed by atoms with Crippen molar-refractivity contribution in [1.82, 2.24) is 15.1 Å². The summed E-state index contributed by atoms with van der Waals surface area (Å²) in [5, 5.41) is 8.15. The van der Waals surface area contributed by atoms with Gasteiger partial charge in [-0.3, -0.25) is 4.79 Å². The molecule has 138 valence electrons. The summed E-state index contributed by atoms with van der Waals surface area (Å²) in [6.07, 6.45) is 0. The minimum atomic E-state index is -0.0392. The highest BCUT2D eigenvalue weighted by Crippen LogP contribution is 2.24. The van der Waals surface area contributed by atoms with Gasteiger partial charge in [0.1, 0.15) is 11.5 Å². The smallest absolute Gasteiger partial charge is 0.254 e. The highest BCUT2D eigenvalue weighted by molar-refractivity contribution is 5.95. The zero-order valence-electron chi connectivity index (χ0n) is 15.1. The van der Waals surface area contributed by atoms with Gasteiger partial charge in [0.05, 0.1) is 21.3 Å². The first kappa shape index (κ1) is 17.8. The largest absolute Gasteiger partial charge is 0.497 e. The average Bonchev–Trinajstić information content (AvgIpc) is 2.73. The number of aromatic nitrogens is 2. The molecular formula is C18H22N4O4. The maximum Gasteiger partial charge on any atom is 0.254 e. The molecule has 8 heteroatoms. The van der Waals surface area contributed by atoms with Crippen LogP contribution in [0.5, 0.6) is 17.4 Å². The van der Waals surface area contributed by atoms with Gasteiger partial charge < -0.3 is 24.0 Å². The van der Waals surface area contributed by atoms with Crippen LogP contribution in [0.1, 0.15) is 10.4 Å². The van der Waals surface area contributed by atoms with Crippen molar-refractivity contribution in [3.63, 3.8) is 0 Å². The van der Waals surface area contributed by atoms with Gasteiger partial charge >= 0.3 is 0 Å². The molecule has 1 aromatic heterocycles. The van der Waals surface area contributed by atoms with Gasteiger partial charge in [-0.25, -0.2) is 0 Å². The Balaban J connectivity index is 1.66. The lowest BCUT2D eigenvalue weighted by molar-refractivity contribution is 0.0745. The second-order valence-electron chi connectivity index (χ2n) is 5.81. The van der Waals surface area contributed by atoms with E-state index >= 15 is 0 Å². The highest BCUT2D eigenvalue weighted by Gasteiger charge is 2.24. The van der Waals surface area contributed by atoms with Crippen molar-refractivity contribution in [2.75, 3.05) is 52.4 Å². The number of rotatable bonds is 5. The SMILES string of the molecule is COc1cc(OC)cc(C(=O)N2CCN(c3ccc(OC)nn3)CC2)c1. The van der Waals surface area contributed by atoms with Crippen LogP contribution in [0.25, 0.3) is 0 Å². The Labute approximate surface area is 152 Å². The fourth-order valence-electron chi connectivity index (χ4n) is 2.84. The molecular weight excluding hydrogens is 336 g/mol. The lowest BCUT2D eigenvalue weighted by atomic mass is 10.1. The molecule has 0 N–H and O–H groups in total. The molecule has 0 atom stereocenters. The Kier molecular flexibility index (Phi) is 5.40. The summed E-state index contributed by atoms with van der Waals surface area (Å²) in [4.78, 5) is 16.7. The number of anilines is 1. The van der Waals surface area contributed by atoms with Gasteiger partial charge in [-0.05, 0) is 18.2 Å². The van der Waals surface area contributed by atoms with E-state index in [1.807, 2.05) is 11.0 Å². The molecule has 26 heavy (non-hydrogen) atoms. The summed E-state index contributed by atoms with van der Waals surface area (Å²) in [5.41, 5.74) is 0.555. The van der Waals surface area contributed by atoms with E-state index in [1.54, 1.807) is 45.6 Å². The van der Waals surface area contributed by atoms with Crippen molar-refractivity contribution in [2.24, 2.45) is 0 Å². The first-order valence-corrected chi connectivity index (χ1v) is 8.29. The van der Waals surface area contributed by atoms with Gasteiger partial charge in [-0.1, -0.05) is 0 Å².